The molecule has 0 saturated carbocycles. The molecule has 25 heavy (non-hydrogen) atoms. The summed E-state index contributed by atoms with van der Waals surface area (Å²) in [6.07, 6.45) is 2.19. The van der Waals surface area contributed by atoms with E-state index >= 15 is 0 Å². The minimum Gasteiger partial charge on any atom is -0.350 e. The van der Waals surface area contributed by atoms with Gasteiger partial charge in [-0.15, -0.1) is 11.3 Å². The fourth-order valence-electron chi connectivity index (χ4n) is 2.58. The molecule has 2 aromatic heterocycles. The van der Waals surface area contributed by atoms with Crippen molar-refractivity contribution < 1.29 is 9.59 Å². The molecule has 2 heterocycles. The molecule has 7 heteroatoms. The summed E-state index contributed by atoms with van der Waals surface area (Å²) in [6.45, 7) is 4.37. The van der Waals surface area contributed by atoms with Crippen molar-refractivity contribution in [2.45, 2.75) is 32.9 Å². The quantitative estimate of drug-likeness (QED) is 0.635. The van der Waals surface area contributed by atoms with Crippen LogP contribution in [0.1, 0.15) is 34.1 Å². The maximum Gasteiger partial charge on any atom is 0.251 e. The average molecular weight is 356 g/mol. The fraction of sp³-hybridized carbons (Fsp3) is 0.278. The Bertz CT molecular complexity index is 899. The minimum atomic E-state index is -0.563. The first-order valence-corrected chi connectivity index (χ1v) is 9.01. The molecule has 0 aliphatic heterocycles. The molecule has 1 aromatic carbocycles. The Balaban J connectivity index is 1.63. The average Bonchev–Trinajstić information content (AvgIpc) is 3.25. The molecule has 2 amide bonds. The van der Waals surface area contributed by atoms with Gasteiger partial charge in [-0.2, -0.15) is 5.10 Å². The third kappa shape index (κ3) is 3.88. The number of thiophene rings is 1. The molecule has 1 atom stereocenters. The third-order valence-corrected chi connectivity index (χ3v) is 5.04. The predicted octanol–water partition coefficient (Wildman–Crippen LogP) is 2.76. The number of nitrogens with zero attached hydrogens (tertiary/aromatic N) is 1. The molecule has 130 valence electrons. The van der Waals surface area contributed by atoms with E-state index in [0.717, 1.165) is 16.5 Å². The van der Waals surface area contributed by atoms with Gasteiger partial charge in [0.05, 0.1) is 11.7 Å². The zero-order valence-corrected chi connectivity index (χ0v) is 14.9. The second kappa shape index (κ2) is 7.48. The SMILES string of the molecule is CC[C@@H](NC(=O)c1ccc2[nH]ncc2c1)C(=O)NCc1ccsc1C. The summed E-state index contributed by atoms with van der Waals surface area (Å²) >= 11 is 1.65. The first kappa shape index (κ1) is 17.2. The summed E-state index contributed by atoms with van der Waals surface area (Å²) < 4.78 is 0. The Hall–Kier alpha value is -2.67. The van der Waals surface area contributed by atoms with Crippen LogP contribution in [0.15, 0.2) is 35.8 Å². The number of aromatic nitrogens is 2. The van der Waals surface area contributed by atoms with Crippen molar-refractivity contribution in [1.82, 2.24) is 20.8 Å². The van der Waals surface area contributed by atoms with Gasteiger partial charge >= 0.3 is 0 Å². The number of fused-ring (bicyclic) bond motifs is 1. The number of hydrogen-bond acceptors (Lipinski definition) is 4. The highest BCUT2D eigenvalue weighted by molar-refractivity contribution is 7.10. The maximum absolute atomic E-state index is 12.5. The summed E-state index contributed by atoms with van der Waals surface area (Å²) in [5.74, 6) is -0.442. The lowest BCUT2D eigenvalue weighted by atomic mass is 10.1. The van der Waals surface area contributed by atoms with Crippen LogP contribution in [-0.4, -0.2) is 28.1 Å². The first-order chi connectivity index (χ1) is 12.1. The van der Waals surface area contributed by atoms with Crippen LogP contribution in [0.2, 0.25) is 0 Å². The number of carbonyl (C=O) groups is 2. The Labute approximate surface area is 149 Å². The highest BCUT2D eigenvalue weighted by Gasteiger charge is 2.20. The van der Waals surface area contributed by atoms with Gasteiger partial charge in [-0.05, 0) is 48.6 Å². The summed E-state index contributed by atoms with van der Waals surface area (Å²) in [4.78, 5) is 26.0. The van der Waals surface area contributed by atoms with Crippen molar-refractivity contribution in [2.24, 2.45) is 0 Å². The molecule has 0 radical (unpaired) electrons. The Morgan fingerprint density at radius 1 is 1.32 bits per heavy atom. The standard InChI is InChI=1S/C18H20N4O2S/c1-3-15(18(24)19-9-13-6-7-25-11(13)2)21-17(23)12-4-5-16-14(8-12)10-20-22-16/h4-8,10,15H,3,9H2,1-2H3,(H,19,24)(H,20,22)(H,21,23)/t15-/m1/s1. The molecule has 3 rings (SSSR count). The van der Waals surface area contributed by atoms with Crippen LogP contribution in [0.25, 0.3) is 10.9 Å². The van der Waals surface area contributed by atoms with E-state index in [0.29, 0.717) is 18.5 Å². The minimum absolute atomic E-state index is 0.175. The highest BCUT2D eigenvalue weighted by Crippen LogP contribution is 2.15. The number of nitrogens with one attached hydrogen (secondary N) is 3. The number of aromatic amines is 1. The zero-order valence-electron chi connectivity index (χ0n) is 14.1. The van der Waals surface area contributed by atoms with E-state index in [9.17, 15) is 9.59 Å². The number of rotatable bonds is 6. The van der Waals surface area contributed by atoms with Crippen molar-refractivity contribution in [3.63, 3.8) is 0 Å². The zero-order chi connectivity index (χ0) is 17.8. The molecule has 0 unspecified atom stereocenters. The summed E-state index contributed by atoms with van der Waals surface area (Å²) in [7, 11) is 0. The number of amides is 2. The van der Waals surface area contributed by atoms with Gasteiger partial charge in [0, 0.05) is 22.4 Å². The molecular formula is C18H20N4O2S. The number of aryl methyl sites for hydroxylation is 1. The molecular weight excluding hydrogens is 336 g/mol. The van der Waals surface area contributed by atoms with Crippen molar-refractivity contribution in [2.75, 3.05) is 0 Å². The summed E-state index contributed by atoms with van der Waals surface area (Å²) in [6, 6.07) is 6.71. The van der Waals surface area contributed by atoms with E-state index in [1.54, 1.807) is 35.7 Å². The first-order valence-electron chi connectivity index (χ1n) is 8.13. The normalized spacial score (nSPS) is 12.1. The lowest BCUT2D eigenvalue weighted by Gasteiger charge is -2.17. The van der Waals surface area contributed by atoms with Gasteiger partial charge in [-0.1, -0.05) is 6.92 Å². The van der Waals surface area contributed by atoms with Crippen LogP contribution in [0, 0.1) is 6.92 Å². The van der Waals surface area contributed by atoms with Crippen molar-refractivity contribution in [1.29, 1.82) is 0 Å². The largest absolute Gasteiger partial charge is 0.350 e. The van der Waals surface area contributed by atoms with E-state index in [4.69, 9.17) is 0 Å². The van der Waals surface area contributed by atoms with Gasteiger partial charge in [0.1, 0.15) is 6.04 Å². The van der Waals surface area contributed by atoms with E-state index in [2.05, 4.69) is 20.8 Å². The van der Waals surface area contributed by atoms with Gasteiger partial charge in [-0.25, -0.2) is 0 Å². The Kier molecular flexibility index (Phi) is 5.14. The molecule has 6 nitrogen and oxygen atoms in total. The number of H-pyrrole nitrogens is 1. The maximum atomic E-state index is 12.5. The van der Waals surface area contributed by atoms with Crippen molar-refractivity contribution in [3.05, 3.63) is 51.8 Å². The van der Waals surface area contributed by atoms with Gasteiger partial charge in [0.2, 0.25) is 5.91 Å². The van der Waals surface area contributed by atoms with Crippen molar-refractivity contribution >= 4 is 34.1 Å². The smallest absolute Gasteiger partial charge is 0.251 e. The van der Waals surface area contributed by atoms with Gasteiger partial charge in [-0.3, -0.25) is 14.7 Å². The van der Waals surface area contributed by atoms with E-state index in [1.165, 1.54) is 4.88 Å². The fourth-order valence-corrected chi connectivity index (χ4v) is 3.31. The monoisotopic (exact) mass is 356 g/mol. The van der Waals surface area contributed by atoms with Crippen LogP contribution in [-0.2, 0) is 11.3 Å². The van der Waals surface area contributed by atoms with Crippen LogP contribution >= 0.6 is 11.3 Å². The topological polar surface area (TPSA) is 86.9 Å². The molecule has 3 aromatic rings. The summed E-state index contributed by atoms with van der Waals surface area (Å²) in [5.41, 5.74) is 2.48. The molecule has 0 saturated heterocycles. The van der Waals surface area contributed by atoms with Gasteiger partial charge in [0.15, 0.2) is 0 Å². The molecule has 0 bridgehead atoms. The Morgan fingerprint density at radius 3 is 2.88 bits per heavy atom. The van der Waals surface area contributed by atoms with E-state index in [-0.39, 0.29) is 11.8 Å². The lowest BCUT2D eigenvalue weighted by Crippen LogP contribution is -2.46. The van der Waals surface area contributed by atoms with Crippen LogP contribution < -0.4 is 10.6 Å². The number of carbonyl (C=O) groups excluding carboxylic acids is 2. The molecule has 0 aliphatic rings. The van der Waals surface area contributed by atoms with E-state index < -0.39 is 6.04 Å². The summed E-state index contributed by atoms with van der Waals surface area (Å²) in [5, 5.41) is 15.4. The van der Waals surface area contributed by atoms with E-state index in [1.807, 2.05) is 25.3 Å². The molecule has 0 fully saturated rings. The third-order valence-electron chi connectivity index (χ3n) is 4.15. The van der Waals surface area contributed by atoms with Crippen LogP contribution in [0.5, 0.6) is 0 Å². The molecule has 0 spiro atoms. The number of benzene rings is 1. The second-order valence-corrected chi connectivity index (χ2v) is 6.95. The lowest BCUT2D eigenvalue weighted by molar-refractivity contribution is -0.123. The van der Waals surface area contributed by atoms with Crippen molar-refractivity contribution in [3.8, 4) is 0 Å². The van der Waals surface area contributed by atoms with Crippen LogP contribution in [0.4, 0.5) is 0 Å². The molecule has 0 aliphatic carbocycles. The van der Waals surface area contributed by atoms with Gasteiger partial charge < -0.3 is 10.6 Å². The van der Waals surface area contributed by atoms with Gasteiger partial charge in [0.25, 0.3) is 5.91 Å². The van der Waals surface area contributed by atoms with Crippen LogP contribution in [0.3, 0.4) is 0 Å². The number of hydrogen-bond donors (Lipinski definition) is 3. The second-order valence-electron chi connectivity index (χ2n) is 5.83. The highest BCUT2D eigenvalue weighted by atomic mass is 32.1. The molecule has 3 N–H and O–H groups in total. The predicted molar refractivity (Wildman–Crippen MR) is 98.5 cm³/mol. The Morgan fingerprint density at radius 2 is 2.16 bits per heavy atom.